The molecule has 1 aliphatic rings. The van der Waals surface area contributed by atoms with E-state index in [1.807, 2.05) is 0 Å². The summed E-state index contributed by atoms with van der Waals surface area (Å²) in [6.45, 7) is -2.31. The van der Waals surface area contributed by atoms with Gasteiger partial charge in [-0.2, -0.15) is 8.78 Å². The van der Waals surface area contributed by atoms with E-state index in [0.29, 0.717) is 6.54 Å². The molecule has 0 amide bonds. The summed E-state index contributed by atoms with van der Waals surface area (Å²) >= 11 is 0. The number of nitrogens with one attached hydrogen (secondary N) is 1. The van der Waals surface area contributed by atoms with Crippen LogP contribution in [0.4, 0.5) is 14.5 Å². The molecule has 100 valence electrons. The summed E-state index contributed by atoms with van der Waals surface area (Å²) in [5, 5.41) is 13.3. The lowest BCUT2D eigenvalue weighted by Crippen LogP contribution is -2.33. The van der Waals surface area contributed by atoms with Crippen molar-refractivity contribution in [1.29, 1.82) is 0 Å². The van der Waals surface area contributed by atoms with Gasteiger partial charge < -0.3 is 15.2 Å². The van der Waals surface area contributed by atoms with Crippen LogP contribution in [-0.4, -0.2) is 23.9 Å². The van der Waals surface area contributed by atoms with E-state index in [9.17, 15) is 13.9 Å². The average molecular weight is 257 g/mol. The largest absolute Gasteiger partial charge is 0.435 e. The van der Waals surface area contributed by atoms with Gasteiger partial charge in [0.15, 0.2) is 0 Å². The van der Waals surface area contributed by atoms with Gasteiger partial charge in [0, 0.05) is 12.2 Å². The first kappa shape index (κ1) is 13.1. The summed E-state index contributed by atoms with van der Waals surface area (Å²) in [5.41, 5.74) is 0.162. The summed E-state index contributed by atoms with van der Waals surface area (Å²) in [4.78, 5) is 0. The Kier molecular flexibility index (Phi) is 4.01. The summed E-state index contributed by atoms with van der Waals surface area (Å²) < 4.78 is 28.2. The molecule has 0 bridgehead atoms. The molecule has 3 nitrogen and oxygen atoms in total. The number of alkyl halides is 2. The molecule has 1 aliphatic carbocycles. The Hall–Kier alpha value is -1.36. The molecule has 1 saturated carbocycles. The smallest absolute Gasteiger partial charge is 0.387 e. The first-order valence-electron chi connectivity index (χ1n) is 6.09. The van der Waals surface area contributed by atoms with Crippen molar-refractivity contribution in [2.24, 2.45) is 0 Å². The molecular weight excluding hydrogens is 240 g/mol. The molecule has 5 heteroatoms. The highest BCUT2D eigenvalue weighted by Gasteiger charge is 2.30. The molecule has 2 rings (SSSR count). The van der Waals surface area contributed by atoms with Gasteiger partial charge in [0.05, 0.1) is 5.60 Å². The molecule has 18 heavy (non-hydrogen) atoms. The fourth-order valence-corrected chi connectivity index (χ4v) is 2.23. The van der Waals surface area contributed by atoms with Crippen molar-refractivity contribution in [2.45, 2.75) is 37.9 Å². The molecule has 1 aromatic rings. The Bertz CT molecular complexity index is 375. The third kappa shape index (κ3) is 3.57. The van der Waals surface area contributed by atoms with Crippen LogP contribution in [0.25, 0.3) is 0 Å². The van der Waals surface area contributed by atoms with Crippen LogP contribution in [0.2, 0.25) is 0 Å². The number of benzene rings is 1. The summed E-state index contributed by atoms with van der Waals surface area (Å²) in [6.07, 6.45) is 3.73. The highest BCUT2D eigenvalue weighted by atomic mass is 19.3. The molecule has 0 heterocycles. The van der Waals surface area contributed by atoms with E-state index < -0.39 is 12.2 Å². The van der Waals surface area contributed by atoms with Crippen molar-refractivity contribution >= 4 is 5.69 Å². The van der Waals surface area contributed by atoms with Crippen LogP contribution in [0.1, 0.15) is 25.7 Å². The van der Waals surface area contributed by atoms with Crippen molar-refractivity contribution in [3.63, 3.8) is 0 Å². The van der Waals surface area contributed by atoms with Gasteiger partial charge in [-0.05, 0) is 37.1 Å². The van der Waals surface area contributed by atoms with Crippen molar-refractivity contribution < 1.29 is 18.6 Å². The van der Waals surface area contributed by atoms with Gasteiger partial charge >= 0.3 is 6.61 Å². The lowest BCUT2D eigenvalue weighted by Gasteiger charge is -2.23. The van der Waals surface area contributed by atoms with Gasteiger partial charge in [0.2, 0.25) is 0 Å². The fraction of sp³-hybridized carbons (Fsp3) is 0.538. The Morgan fingerprint density at radius 1 is 1.22 bits per heavy atom. The van der Waals surface area contributed by atoms with Crippen LogP contribution in [0, 0.1) is 0 Å². The molecule has 0 aromatic heterocycles. The normalized spacial score (nSPS) is 18.0. The Morgan fingerprint density at radius 3 is 2.39 bits per heavy atom. The van der Waals surface area contributed by atoms with Gasteiger partial charge in [-0.3, -0.25) is 0 Å². The Balaban J connectivity index is 1.86. The number of anilines is 1. The number of rotatable bonds is 5. The van der Waals surface area contributed by atoms with E-state index in [-0.39, 0.29) is 5.75 Å². The minimum atomic E-state index is -2.80. The Morgan fingerprint density at radius 2 is 1.83 bits per heavy atom. The van der Waals surface area contributed by atoms with Gasteiger partial charge in [-0.1, -0.05) is 12.8 Å². The number of ether oxygens (including phenoxy) is 1. The number of halogens is 2. The summed E-state index contributed by atoms with van der Waals surface area (Å²) in [7, 11) is 0. The van der Waals surface area contributed by atoms with E-state index in [4.69, 9.17) is 0 Å². The molecule has 1 aromatic carbocycles. The first-order valence-corrected chi connectivity index (χ1v) is 6.09. The molecular formula is C13H17F2NO2. The zero-order chi connectivity index (χ0) is 13.0. The summed E-state index contributed by atoms with van der Waals surface area (Å²) in [6, 6.07) is 6.28. The van der Waals surface area contributed by atoms with Gasteiger partial charge in [-0.15, -0.1) is 0 Å². The highest BCUT2D eigenvalue weighted by molar-refractivity contribution is 5.46. The lowest BCUT2D eigenvalue weighted by molar-refractivity contribution is -0.0498. The van der Waals surface area contributed by atoms with Crippen molar-refractivity contribution in [3.8, 4) is 5.75 Å². The van der Waals surface area contributed by atoms with Crippen LogP contribution < -0.4 is 10.1 Å². The Labute approximate surface area is 105 Å². The van der Waals surface area contributed by atoms with Crippen molar-refractivity contribution in [3.05, 3.63) is 24.3 Å². The van der Waals surface area contributed by atoms with Gasteiger partial charge in [-0.25, -0.2) is 0 Å². The monoisotopic (exact) mass is 257 g/mol. The topological polar surface area (TPSA) is 41.5 Å². The molecule has 0 atom stereocenters. The molecule has 0 aliphatic heterocycles. The van der Waals surface area contributed by atoms with Crippen molar-refractivity contribution in [1.82, 2.24) is 0 Å². The summed E-state index contributed by atoms with van der Waals surface area (Å²) in [5.74, 6) is 0.134. The lowest BCUT2D eigenvalue weighted by atomic mass is 10.0. The second-order valence-electron chi connectivity index (χ2n) is 4.69. The van der Waals surface area contributed by atoms with Crippen molar-refractivity contribution in [2.75, 3.05) is 11.9 Å². The zero-order valence-electron chi connectivity index (χ0n) is 10.0. The predicted octanol–water partition coefficient (Wildman–Crippen LogP) is 3.01. The molecule has 2 N–H and O–H groups in total. The SMILES string of the molecule is OC1(CNc2ccc(OC(F)F)cc2)CCCC1. The quantitative estimate of drug-likeness (QED) is 0.852. The van der Waals surface area contributed by atoms with Crippen LogP contribution >= 0.6 is 0 Å². The first-order chi connectivity index (χ1) is 8.57. The predicted molar refractivity (Wildman–Crippen MR) is 65.0 cm³/mol. The number of hydrogen-bond acceptors (Lipinski definition) is 3. The maximum absolute atomic E-state index is 12.0. The fourth-order valence-electron chi connectivity index (χ4n) is 2.23. The maximum atomic E-state index is 12.0. The molecule has 0 saturated heterocycles. The molecule has 0 spiro atoms. The second-order valence-corrected chi connectivity index (χ2v) is 4.69. The number of aliphatic hydroxyl groups is 1. The average Bonchev–Trinajstić information content (AvgIpc) is 2.75. The van der Waals surface area contributed by atoms with Crippen LogP contribution in [-0.2, 0) is 0 Å². The number of hydrogen-bond donors (Lipinski definition) is 2. The van der Waals surface area contributed by atoms with Gasteiger partial charge in [0.1, 0.15) is 5.75 Å². The van der Waals surface area contributed by atoms with E-state index in [1.165, 1.54) is 12.1 Å². The van der Waals surface area contributed by atoms with E-state index in [2.05, 4.69) is 10.1 Å². The van der Waals surface area contributed by atoms with E-state index in [0.717, 1.165) is 31.4 Å². The maximum Gasteiger partial charge on any atom is 0.387 e. The van der Waals surface area contributed by atoms with Crippen LogP contribution in [0.15, 0.2) is 24.3 Å². The van der Waals surface area contributed by atoms with Crippen LogP contribution in [0.5, 0.6) is 5.75 Å². The third-order valence-corrected chi connectivity index (χ3v) is 3.24. The van der Waals surface area contributed by atoms with Gasteiger partial charge in [0.25, 0.3) is 0 Å². The minimum Gasteiger partial charge on any atom is -0.435 e. The second kappa shape index (κ2) is 5.52. The zero-order valence-corrected chi connectivity index (χ0v) is 10.0. The van der Waals surface area contributed by atoms with E-state index >= 15 is 0 Å². The highest BCUT2D eigenvalue weighted by Crippen LogP contribution is 2.29. The minimum absolute atomic E-state index is 0.134. The standard InChI is InChI=1S/C13H17F2NO2/c14-12(15)18-11-5-3-10(4-6-11)16-9-13(17)7-1-2-8-13/h3-6,12,16-17H,1-2,7-9H2. The van der Waals surface area contributed by atoms with Crippen LogP contribution in [0.3, 0.4) is 0 Å². The third-order valence-electron chi connectivity index (χ3n) is 3.24. The van der Waals surface area contributed by atoms with E-state index in [1.54, 1.807) is 12.1 Å². The molecule has 0 radical (unpaired) electrons. The molecule has 0 unspecified atom stereocenters. The molecule has 1 fully saturated rings.